The van der Waals surface area contributed by atoms with Crippen LogP contribution in [0.5, 0.6) is 0 Å². The van der Waals surface area contributed by atoms with E-state index in [1.165, 1.54) is 17.5 Å². The van der Waals surface area contributed by atoms with Crippen LogP contribution >= 0.6 is 0 Å². The molecule has 2 N–H and O–H groups in total. The lowest BCUT2D eigenvalue weighted by Gasteiger charge is -2.24. The number of rotatable bonds is 3. The molecular formula is C15H22N2O. The molecule has 3 rings (SSSR count). The van der Waals surface area contributed by atoms with E-state index in [9.17, 15) is 0 Å². The SMILES string of the molecule is c1cc(CC2COCCN2)cc(C2CCNC2)c1. The van der Waals surface area contributed by atoms with Crippen LogP contribution in [0.4, 0.5) is 0 Å². The van der Waals surface area contributed by atoms with E-state index in [-0.39, 0.29) is 0 Å². The zero-order chi connectivity index (χ0) is 12.2. The average Bonchev–Trinajstić information content (AvgIpc) is 2.94. The van der Waals surface area contributed by atoms with Crippen molar-refractivity contribution in [1.82, 2.24) is 10.6 Å². The summed E-state index contributed by atoms with van der Waals surface area (Å²) in [5, 5.41) is 6.96. The monoisotopic (exact) mass is 246 g/mol. The standard InChI is InChI=1S/C15H22N2O/c1-2-12(9-15-11-18-7-6-17-15)8-13(3-1)14-4-5-16-10-14/h1-3,8,14-17H,4-7,9-11H2. The highest BCUT2D eigenvalue weighted by molar-refractivity contribution is 5.28. The Labute approximate surface area is 109 Å². The van der Waals surface area contributed by atoms with Crippen LogP contribution in [-0.4, -0.2) is 38.9 Å². The van der Waals surface area contributed by atoms with E-state index >= 15 is 0 Å². The van der Waals surface area contributed by atoms with E-state index in [0.29, 0.717) is 12.0 Å². The molecule has 18 heavy (non-hydrogen) atoms. The Hall–Kier alpha value is -0.900. The molecule has 2 saturated heterocycles. The number of hydrogen-bond acceptors (Lipinski definition) is 3. The van der Waals surface area contributed by atoms with Gasteiger partial charge in [0.25, 0.3) is 0 Å². The molecule has 0 radical (unpaired) electrons. The zero-order valence-corrected chi connectivity index (χ0v) is 10.8. The molecule has 2 unspecified atom stereocenters. The van der Waals surface area contributed by atoms with Crippen LogP contribution in [-0.2, 0) is 11.2 Å². The summed E-state index contributed by atoms with van der Waals surface area (Å²) < 4.78 is 5.51. The van der Waals surface area contributed by atoms with Gasteiger partial charge in [-0.25, -0.2) is 0 Å². The van der Waals surface area contributed by atoms with E-state index in [0.717, 1.165) is 39.3 Å². The minimum atomic E-state index is 0.482. The van der Waals surface area contributed by atoms with E-state index in [2.05, 4.69) is 34.9 Å². The van der Waals surface area contributed by atoms with Gasteiger partial charge in [0.2, 0.25) is 0 Å². The topological polar surface area (TPSA) is 33.3 Å². The van der Waals surface area contributed by atoms with Crippen molar-refractivity contribution in [2.75, 3.05) is 32.8 Å². The van der Waals surface area contributed by atoms with Gasteiger partial charge in [0.15, 0.2) is 0 Å². The van der Waals surface area contributed by atoms with Gasteiger partial charge in [0.05, 0.1) is 13.2 Å². The minimum Gasteiger partial charge on any atom is -0.379 e. The molecule has 0 aromatic heterocycles. The second-order valence-electron chi connectivity index (χ2n) is 5.36. The maximum Gasteiger partial charge on any atom is 0.0623 e. The molecule has 3 heteroatoms. The van der Waals surface area contributed by atoms with Gasteiger partial charge in [0, 0.05) is 19.1 Å². The fourth-order valence-electron chi connectivity index (χ4n) is 2.95. The van der Waals surface area contributed by atoms with Gasteiger partial charge in [-0.1, -0.05) is 24.3 Å². The van der Waals surface area contributed by atoms with Gasteiger partial charge in [-0.05, 0) is 36.4 Å². The molecule has 0 spiro atoms. The summed E-state index contributed by atoms with van der Waals surface area (Å²) in [5.74, 6) is 0.709. The van der Waals surface area contributed by atoms with Crippen LogP contribution in [0.15, 0.2) is 24.3 Å². The predicted molar refractivity (Wildman–Crippen MR) is 73.0 cm³/mol. The number of benzene rings is 1. The fraction of sp³-hybridized carbons (Fsp3) is 0.600. The third kappa shape index (κ3) is 2.91. The Bertz CT molecular complexity index is 382. The van der Waals surface area contributed by atoms with Gasteiger partial charge >= 0.3 is 0 Å². The van der Waals surface area contributed by atoms with Crippen molar-refractivity contribution in [1.29, 1.82) is 0 Å². The molecule has 2 atom stereocenters. The highest BCUT2D eigenvalue weighted by Crippen LogP contribution is 2.23. The molecule has 0 aliphatic carbocycles. The summed E-state index contributed by atoms with van der Waals surface area (Å²) in [6.45, 7) is 4.97. The molecule has 1 aromatic rings. The molecule has 2 aliphatic heterocycles. The number of ether oxygens (including phenoxy) is 1. The molecule has 3 nitrogen and oxygen atoms in total. The van der Waals surface area contributed by atoms with Crippen LogP contribution in [0.2, 0.25) is 0 Å². The maximum atomic E-state index is 5.51. The van der Waals surface area contributed by atoms with Crippen molar-refractivity contribution in [3.63, 3.8) is 0 Å². The number of morpholine rings is 1. The first-order valence-corrected chi connectivity index (χ1v) is 7.02. The Morgan fingerprint density at radius 3 is 3.06 bits per heavy atom. The van der Waals surface area contributed by atoms with Crippen molar-refractivity contribution in [3.8, 4) is 0 Å². The first-order chi connectivity index (χ1) is 8.92. The summed E-state index contributed by atoms with van der Waals surface area (Å²) in [6.07, 6.45) is 2.35. The van der Waals surface area contributed by atoms with E-state index < -0.39 is 0 Å². The van der Waals surface area contributed by atoms with E-state index in [1.807, 2.05) is 0 Å². The molecule has 98 valence electrons. The lowest BCUT2D eigenvalue weighted by atomic mass is 9.95. The first kappa shape index (κ1) is 12.2. The van der Waals surface area contributed by atoms with E-state index in [1.54, 1.807) is 0 Å². The molecule has 0 saturated carbocycles. The van der Waals surface area contributed by atoms with Crippen LogP contribution in [0, 0.1) is 0 Å². The zero-order valence-electron chi connectivity index (χ0n) is 10.8. The van der Waals surface area contributed by atoms with Crippen molar-refractivity contribution >= 4 is 0 Å². The quantitative estimate of drug-likeness (QED) is 0.843. The van der Waals surface area contributed by atoms with Crippen molar-refractivity contribution in [2.24, 2.45) is 0 Å². The summed E-state index contributed by atoms with van der Waals surface area (Å²) in [4.78, 5) is 0. The van der Waals surface area contributed by atoms with Crippen molar-refractivity contribution < 1.29 is 4.74 Å². The van der Waals surface area contributed by atoms with Gasteiger partial charge < -0.3 is 15.4 Å². The summed E-state index contributed by atoms with van der Waals surface area (Å²) in [5.41, 5.74) is 2.93. The molecule has 0 amide bonds. The van der Waals surface area contributed by atoms with Crippen LogP contribution in [0.25, 0.3) is 0 Å². The van der Waals surface area contributed by atoms with Crippen LogP contribution in [0.1, 0.15) is 23.5 Å². The maximum absolute atomic E-state index is 5.51. The van der Waals surface area contributed by atoms with Crippen molar-refractivity contribution in [2.45, 2.75) is 24.8 Å². The van der Waals surface area contributed by atoms with Crippen molar-refractivity contribution in [3.05, 3.63) is 35.4 Å². The largest absolute Gasteiger partial charge is 0.379 e. The lowest BCUT2D eigenvalue weighted by molar-refractivity contribution is 0.0770. The second kappa shape index (κ2) is 5.83. The highest BCUT2D eigenvalue weighted by Gasteiger charge is 2.18. The smallest absolute Gasteiger partial charge is 0.0623 e. The molecule has 0 bridgehead atoms. The molecule has 2 aliphatic rings. The lowest BCUT2D eigenvalue weighted by Crippen LogP contribution is -2.42. The summed E-state index contributed by atoms with van der Waals surface area (Å²) >= 11 is 0. The summed E-state index contributed by atoms with van der Waals surface area (Å²) in [7, 11) is 0. The predicted octanol–water partition coefficient (Wildman–Crippen LogP) is 1.29. The fourth-order valence-corrected chi connectivity index (χ4v) is 2.95. The Balaban J connectivity index is 1.66. The first-order valence-electron chi connectivity index (χ1n) is 7.02. The van der Waals surface area contributed by atoms with Crippen LogP contribution < -0.4 is 10.6 Å². The summed E-state index contributed by atoms with van der Waals surface area (Å²) in [6, 6.07) is 9.57. The van der Waals surface area contributed by atoms with Gasteiger partial charge in [0.1, 0.15) is 0 Å². The normalized spacial score (nSPS) is 28.4. The Morgan fingerprint density at radius 1 is 1.28 bits per heavy atom. The van der Waals surface area contributed by atoms with Gasteiger partial charge in [-0.15, -0.1) is 0 Å². The van der Waals surface area contributed by atoms with Crippen LogP contribution in [0.3, 0.4) is 0 Å². The Kier molecular flexibility index (Phi) is 3.93. The third-order valence-electron chi connectivity index (χ3n) is 3.96. The average molecular weight is 246 g/mol. The molecule has 2 heterocycles. The second-order valence-corrected chi connectivity index (χ2v) is 5.36. The minimum absolute atomic E-state index is 0.482. The number of hydrogen-bond donors (Lipinski definition) is 2. The van der Waals surface area contributed by atoms with E-state index in [4.69, 9.17) is 4.74 Å². The molecular weight excluding hydrogens is 224 g/mol. The van der Waals surface area contributed by atoms with Gasteiger partial charge in [-0.3, -0.25) is 0 Å². The highest BCUT2D eigenvalue weighted by atomic mass is 16.5. The Morgan fingerprint density at radius 2 is 2.28 bits per heavy atom. The molecule has 2 fully saturated rings. The number of nitrogens with one attached hydrogen (secondary N) is 2. The molecule has 1 aromatic carbocycles. The van der Waals surface area contributed by atoms with Gasteiger partial charge in [-0.2, -0.15) is 0 Å². The third-order valence-corrected chi connectivity index (χ3v) is 3.96.